The Kier molecular flexibility index (Phi) is 5.05. The lowest BCUT2D eigenvalue weighted by Gasteiger charge is -2.29. The number of hydrogen-bond donors (Lipinski definition) is 2. The molecule has 3 aromatic rings. The molecule has 4 rings (SSSR count). The standard InChI is InChI=1S/C20H23FN6S/c1-20(2)7-6-13-15(9-20)26-27-18(13)14-8-17(25-19(24-14)28-3)23-11-12-4-5-16(21)22-10-12/h4-5,8,10H,6-7,9,11H2,1-3H3,(H,26,27)(H,23,24,25). The van der Waals surface area contributed by atoms with Crippen molar-refractivity contribution in [2.75, 3.05) is 11.6 Å². The zero-order valence-electron chi connectivity index (χ0n) is 16.2. The summed E-state index contributed by atoms with van der Waals surface area (Å²) >= 11 is 1.49. The smallest absolute Gasteiger partial charge is 0.212 e. The molecule has 3 aromatic heterocycles. The van der Waals surface area contributed by atoms with Crippen LogP contribution in [0, 0.1) is 11.4 Å². The number of pyridine rings is 1. The van der Waals surface area contributed by atoms with Crippen LogP contribution in [-0.2, 0) is 19.4 Å². The van der Waals surface area contributed by atoms with Crippen molar-refractivity contribution in [3.05, 3.63) is 47.2 Å². The van der Waals surface area contributed by atoms with E-state index in [1.165, 1.54) is 35.3 Å². The number of nitrogens with one attached hydrogen (secondary N) is 2. The largest absolute Gasteiger partial charge is 0.366 e. The van der Waals surface area contributed by atoms with Gasteiger partial charge < -0.3 is 5.32 Å². The van der Waals surface area contributed by atoms with Crippen LogP contribution < -0.4 is 5.32 Å². The Bertz CT molecular complexity index is 983. The third kappa shape index (κ3) is 4.01. The third-order valence-electron chi connectivity index (χ3n) is 5.05. The Morgan fingerprint density at radius 2 is 2.14 bits per heavy atom. The van der Waals surface area contributed by atoms with E-state index >= 15 is 0 Å². The quantitative estimate of drug-likeness (QED) is 0.380. The van der Waals surface area contributed by atoms with Gasteiger partial charge in [0.15, 0.2) is 5.16 Å². The summed E-state index contributed by atoms with van der Waals surface area (Å²) in [6, 6.07) is 4.98. The van der Waals surface area contributed by atoms with E-state index in [2.05, 4.69) is 44.3 Å². The van der Waals surface area contributed by atoms with Crippen LogP contribution in [0.2, 0.25) is 0 Å². The van der Waals surface area contributed by atoms with Gasteiger partial charge >= 0.3 is 0 Å². The second-order valence-corrected chi connectivity index (χ2v) is 8.61. The van der Waals surface area contributed by atoms with Crippen LogP contribution >= 0.6 is 11.8 Å². The Balaban J connectivity index is 1.61. The van der Waals surface area contributed by atoms with Crippen LogP contribution in [0.4, 0.5) is 10.2 Å². The second kappa shape index (κ2) is 7.50. The van der Waals surface area contributed by atoms with Crippen LogP contribution in [-0.4, -0.2) is 31.4 Å². The maximum absolute atomic E-state index is 13.0. The zero-order valence-corrected chi connectivity index (χ0v) is 17.0. The monoisotopic (exact) mass is 398 g/mol. The number of rotatable bonds is 5. The summed E-state index contributed by atoms with van der Waals surface area (Å²) in [5, 5.41) is 11.8. The number of aromatic nitrogens is 5. The average molecular weight is 399 g/mol. The molecule has 0 aromatic carbocycles. The lowest BCUT2D eigenvalue weighted by atomic mass is 9.76. The summed E-state index contributed by atoms with van der Waals surface area (Å²) < 4.78 is 13.0. The summed E-state index contributed by atoms with van der Waals surface area (Å²) in [5.41, 5.74) is 5.38. The number of thioether (sulfide) groups is 1. The molecule has 3 heterocycles. The van der Waals surface area contributed by atoms with Crippen LogP contribution in [0.3, 0.4) is 0 Å². The molecule has 0 fully saturated rings. The predicted molar refractivity (Wildman–Crippen MR) is 109 cm³/mol. The van der Waals surface area contributed by atoms with Crippen LogP contribution in [0.5, 0.6) is 0 Å². The van der Waals surface area contributed by atoms with Gasteiger partial charge in [-0.25, -0.2) is 15.0 Å². The Labute approximate surface area is 167 Å². The Morgan fingerprint density at radius 3 is 2.89 bits per heavy atom. The van der Waals surface area contributed by atoms with Gasteiger partial charge in [0.2, 0.25) is 5.95 Å². The second-order valence-electron chi connectivity index (χ2n) is 7.84. The zero-order chi connectivity index (χ0) is 19.7. The van der Waals surface area contributed by atoms with Crippen LogP contribution in [0.25, 0.3) is 11.4 Å². The first kappa shape index (κ1) is 18.9. The van der Waals surface area contributed by atoms with Gasteiger partial charge in [0.1, 0.15) is 11.5 Å². The van der Waals surface area contributed by atoms with Gasteiger partial charge in [0.05, 0.1) is 5.69 Å². The normalized spacial score (nSPS) is 15.3. The van der Waals surface area contributed by atoms with Crippen molar-refractivity contribution in [1.29, 1.82) is 0 Å². The lowest BCUT2D eigenvalue weighted by molar-refractivity contribution is 0.312. The average Bonchev–Trinajstić information content (AvgIpc) is 3.09. The molecule has 0 atom stereocenters. The minimum absolute atomic E-state index is 0.294. The minimum atomic E-state index is -0.482. The topological polar surface area (TPSA) is 79.4 Å². The molecule has 6 nitrogen and oxygen atoms in total. The first-order chi connectivity index (χ1) is 13.4. The lowest BCUT2D eigenvalue weighted by Crippen LogP contribution is -2.22. The minimum Gasteiger partial charge on any atom is -0.366 e. The molecule has 1 aliphatic rings. The molecule has 0 spiro atoms. The highest BCUT2D eigenvalue weighted by Gasteiger charge is 2.29. The van der Waals surface area contributed by atoms with Crippen LogP contribution in [0.15, 0.2) is 29.6 Å². The number of anilines is 1. The van der Waals surface area contributed by atoms with E-state index in [-0.39, 0.29) is 0 Å². The summed E-state index contributed by atoms with van der Waals surface area (Å²) in [7, 11) is 0. The molecule has 0 amide bonds. The Hall–Kier alpha value is -2.48. The highest BCUT2D eigenvalue weighted by Crippen LogP contribution is 2.37. The van der Waals surface area contributed by atoms with Gasteiger partial charge in [-0.1, -0.05) is 31.7 Å². The van der Waals surface area contributed by atoms with Crippen molar-refractivity contribution >= 4 is 17.6 Å². The highest BCUT2D eigenvalue weighted by atomic mass is 32.2. The molecule has 8 heteroatoms. The van der Waals surface area contributed by atoms with Gasteiger partial charge in [0, 0.05) is 30.1 Å². The number of hydrogen-bond acceptors (Lipinski definition) is 6. The molecular weight excluding hydrogens is 375 g/mol. The number of halogens is 1. The van der Waals surface area contributed by atoms with Crippen molar-refractivity contribution in [3.8, 4) is 11.4 Å². The first-order valence-electron chi connectivity index (χ1n) is 9.27. The van der Waals surface area contributed by atoms with Crippen molar-refractivity contribution in [2.24, 2.45) is 5.41 Å². The van der Waals surface area contributed by atoms with E-state index in [1.807, 2.05) is 12.3 Å². The molecule has 0 unspecified atom stereocenters. The van der Waals surface area contributed by atoms with E-state index in [9.17, 15) is 4.39 Å². The maximum Gasteiger partial charge on any atom is 0.212 e. The molecule has 1 aliphatic carbocycles. The summed E-state index contributed by atoms with van der Waals surface area (Å²) in [6.07, 6.45) is 6.60. The molecule has 0 bridgehead atoms. The van der Waals surface area contributed by atoms with E-state index in [4.69, 9.17) is 0 Å². The third-order valence-corrected chi connectivity index (χ3v) is 5.60. The van der Waals surface area contributed by atoms with Crippen molar-refractivity contribution in [3.63, 3.8) is 0 Å². The fourth-order valence-electron chi connectivity index (χ4n) is 3.49. The van der Waals surface area contributed by atoms with E-state index in [0.717, 1.165) is 36.2 Å². The van der Waals surface area contributed by atoms with Gasteiger partial charge in [-0.15, -0.1) is 0 Å². The van der Waals surface area contributed by atoms with Crippen molar-refractivity contribution < 1.29 is 4.39 Å². The summed E-state index contributed by atoms with van der Waals surface area (Å²) in [4.78, 5) is 12.9. The van der Waals surface area contributed by atoms with E-state index < -0.39 is 5.95 Å². The van der Waals surface area contributed by atoms with Crippen molar-refractivity contribution in [2.45, 2.75) is 44.8 Å². The van der Waals surface area contributed by atoms with E-state index in [1.54, 1.807) is 6.07 Å². The number of H-pyrrole nitrogens is 1. The molecule has 2 N–H and O–H groups in total. The highest BCUT2D eigenvalue weighted by molar-refractivity contribution is 7.98. The number of fused-ring (bicyclic) bond motifs is 1. The fourth-order valence-corrected chi connectivity index (χ4v) is 3.87. The van der Waals surface area contributed by atoms with Crippen molar-refractivity contribution in [1.82, 2.24) is 25.1 Å². The SMILES string of the molecule is CSc1nc(NCc2ccc(F)nc2)cc(-c2n[nH]c3c2CCC(C)(C)C3)n1. The van der Waals surface area contributed by atoms with Gasteiger partial charge in [-0.3, -0.25) is 5.10 Å². The molecule has 146 valence electrons. The van der Waals surface area contributed by atoms with Gasteiger partial charge in [0.25, 0.3) is 0 Å². The van der Waals surface area contributed by atoms with Gasteiger partial charge in [-0.2, -0.15) is 9.49 Å². The molecule has 0 aliphatic heterocycles. The summed E-state index contributed by atoms with van der Waals surface area (Å²) in [5.74, 6) is 0.232. The van der Waals surface area contributed by atoms with Crippen LogP contribution in [0.1, 0.15) is 37.1 Å². The molecule has 0 saturated heterocycles. The molecular formula is C20H23FN6S. The molecule has 0 saturated carbocycles. The summed E-state index contributed by atoms with van der Waals surface area (Å²) in [6.45, 7) is 5.09. The molecule has 28 heavy (non-hydrogen) atoms. The molecule has 0 radical (unpaired) electrons. The fraction of sp³-hybridized carbons (Fsp3) is 0.400. The Morgan fingerprint density at radius 1 is 1.29 bits per heavy atom. The number of aromatic amines is 1. The number of nitrogens with zero attached hydrogens (tertiary/aromatic N) is 4. The van der Waals surface area contributed by atoms with Gasteiger partial charge in [-0.05, 0) is 42.6 Å². The predicted octanol–water partition coefficient (Wildman–Crippen LogP) is 4.25. The first-order valence-corrected chi connectivity index (χ1v) is 10.5. The maximum atomic E-state index is 13.0. The van der Waals surface area contributed by atoms with E-state index in [0.29, 0.717) is 22.9 Å².